The summed E-state index contributed by atoms with van der Waals surface area (Å²) in [6.45, 7) is -1.02. The molecule has 0 aromatic heterocycles. The average Bonchev–Trinajstić information content (AvgIpc) is 2.40. The van der Waals surface area contributed by atoms with E-state index in [-0.39, 0.29) is 4.90 Å². The number of halogens is 2. The van der Waals surface area contributed by atoms with Crippen molar-refractivity contribution in [3.63, 3.8) is 0 Å². The number of nitrogens with zero attached hydrogens (tertiary/aromatic N) is 1. The summed E-state index contributed by atoms with van der Waals surface area (Å²) in [7, 11) is 1.01. The molecular formula is C7H8F2NO4-. The predicted octanol–water partition coefficient (Wildman–Crippen LogP) is -0.788. The van der Waals surface area contributed by atoms with Gasteiger partial charge in [-0.1, -0.05) is 0 Å². The van der Waals surface area contributed by atoms with E-state index in [2.05, 4.69) is 4.74 Å². The van der Waals surface area contributed by atoms with Crippen LogP contribution >= 0.6 is 0 Å². The van der Waals surface area contributed by atoms with Crippen molar-refractivity contribution in [3.05, 3.63) is 0 Å². The number of hydrogen-bond acceptors (Lipinski definition) is 4. The lowest BCUT2D eigenvalue weighted by Gasteiger charge is -2.23. The molecule has 1 fully saturated rings. The van der Waals surface area contributed by atoms with Gasteiger partial charge in [-0.25, -0.2) is 13.6 Å². The maximum Gasteiger partial charge on any atom is 0.328 e. The summed E-state index contributed by atoms with van der Waals surface area (Å²) >= 11 is 0. The molecule has 0 radical (unpaired) electrons. The summed E-state index contributed by atoms with van der Waals surface area (Å²) in [6.07, 6.45) is -2.65. The minimum absolute atomic E-state index is 0.284. The summed E-state index contributed by atoms with van der Waals surface area (Å²) in [5.41, 5.74) is 0. The van der Waals surface area contributed by atoms with Crippen molar-refractivity contribution in [1.82, 2.24) is 4.90 Å². The van der Waals surface area contributed by atoms with Crippen LogP contribution in [-0.4, -0.2) is 42.6 Å². The summed E-state index contributed by atoms with van der Waals surface area (Å²) in [5.74, 6) is -4.19. The first-order valence-electron chi connectivity index (χ1n) is 3.80. The maximum atomic E-state index is 12.8. The van der Waals surface area contributed by atoms with Gasteiger partial charge in [-0.3, -0.25) is 0 Å². The van der Waals surface area contributed by atoms with Gasteiger partial charge in [-0.05, 0) is 0 Å². The van der Waals surface area contributed by atoms with Crippen molar-refractivity contribution < 1.29 is 28.2 Å². The standard InChI is InChI=1S/C7H9F2NO4/c1-14-5(11)4-2-7(8,9)3-10(4)6(12)13/h4H,2-3H2,1H3,(H,12,13)/p-1/t4-/m1/s1. The van der Waals surface area contributed by atoms with E-state index >= 15 is 0 Å². The molecule has 1 rings (SSSR count). The first-order valence-corrected chi connectivity index (χ1v) is 3.80. The van der Waals surface area contributed by atoms with E-state index in [1.807, 2.05) is 0 Å². The number of hydrogen-bond donors (Lipinski definition) is 0. The zero-order chi connectivity index (χ0) is 10.9. The van der Waals surface area contributed by atoms with Crippen LogP contribution in [0, 0.1) is 0 Å². The molecule has 1 heterocycles. The Balaban J connectivity index is 2.83. The van der Waals surface area contributed by atoms with Gasteiger partial charge in [0.05, 0.1) is 13.7 Å². The van der Waals surface area contributed by atoms with Crippen LogP contribution in [0.3, 0.4) is 0 Å². The van der Waals surface area contributed by atoms with Crippen LogP contribution in [-0.2, 0) is 9.53 Å². The number of likely N-dealkylation sites (tertiary alicyclic amines) is 1. The third kappa shape index (κ3) is 1.91. The highest BCUT2D eigenvalue weighted by Gasteiger charge is 2.48. The lowest BCUT2D eigenvalue weighted by atomic mass is 10.2. The van der Waals surface area contributed by atoms with Crippen molar-refractivity contribution in [2.75, 3.05) is 13.7 Å². The summed E-state index contributed by atoms with van der Waals surface area (Å²) in [6, 6.07) is -1.46. The maximum absolute atomic E-state index is 12.8. The smallest absolute Gasteiger partial charge is 0.328 e. The molecule has 1 aliphatic rings. The number of methoxy groups -OCH3 is 1. The van der Waals surface area contributed by atoms with E-state index in [0.717, 1.165) is 7.11 Å². The molecule has 1 atom stereocenters. The fraction of sp³-hybridized carbons (Fsp3) is 0.714. The molecule has 0 aromatic rings. The molecule has 0 saturated carbocycles. The molecule has 0 unspecified atom stereocenters. The van der Waals surface area contributed by atoms with E-state index in [4.69, 9.17) is 0 Å². The largest absolute Gasteiger partial charge is 0.530 e. The Bertz CT molecular complexity index is 268. The second-order valence-electron chi connectivity index (χ2n) is 2.99. The van der Waals surface area contributed by atoms with E-state index < -0.39 is 37.0 Å². The van der Waals surface area contributed by atoms with Crippen LogP contribution in [0.5, 0.6) is 0 Å². The molecule has 0 aliphatic carbocycles. The van der Waals surface area contributed by atoms with Crippen LogP contribution in [0.15, 0.2) is 0 Å². The third-order valence-electron chi connectivity index (χ3n) is 1.98. The molecule has 14 heavy (non-hydrogen) atoms. The van der Waals surface area contributed by atoms with Gasteiger partial charge in [-0.15, -0.1) is 0 Å². The molecule has 1 aliphatic heterocycles. The van der Waals surface area contributed by atoms with Crippen LogP contribution in [0.25, 0.3) is 0 Å². The molecule has 0 N–H and O–H groups in total. The molecule has 0 aromatic carbocycles. The monoisotopic (exact) mass is 208 g/mol. The van der Waals surface area contributed by atoms with Gasteiger partial charge < -0.3 is 19.5 Å². The number of amides is 1. The summed E-state index contributed by atoms with van der Waals surface area (Å²) in [5, 5.41) is 10.4. The molecule has 5 nitrogen and oxygen atoms in total. The van der Waals surface area contributed by atoms with Crippen LogP contribution in [0.2, 0.25) is 0 Å². The number of carbonyl (C=O) groups excluding carboxylic acids is 2. The van der Waals surface area contributed by atoms with Crippen molar-refractivity contribution in [2.24, 2.45) is 0 Å². The molecule has 1 saturated heterocycles. The Morgan fingerprint density at radius 2 is 2.14 bits per heavy atom. The third-order valence-corrected chi connectivity index (χ3v) is 1.98. The highest BCUT2D eigenvalue weighted by molar-refractivity contribution is 5.81. The first kappa shape index (κ1) is 10.7. The van der Waals surface area contributed by atoms with E-state index in [9.17, 15) is 23.5 Å². The lowest BCUT2D eigenvalue weighted by molar-refractivity contribution is -0.267. The SMILES string of the molecule is COC(=O)[C@H]1CC(F)(F)CN1C(=O)[O-]. The Morgan fingerprint density at radius 1 is 1.57 bits per heavy atom. The molecule has 7 heteroatoms. The first-order chi connectivity index (χ1) is 6.37. The Morgan fingerprint density at radius 3 is 2.57 bits per heavy atom. The quantitative estimate of drug-likeness (QED) is 0.529. The molecule has 1 amide bonds. The second kappa shape index (κ2) is 3.39. The van der Waals surface area contributed by atoms with Gasteiger partial charge in [0, 0.05) is 6.42 Å². The van der Waals surface area contributed by atoms with Gasteiger partial charge in [0.25, 0.3) is 5.92 Å². The zero-order valence-corrected chi connectivity index (χ0v) is 7.33. The average molecular weight is 208 g/mol. The highest BCUT2D eigenvalue weighted by atomic mass is 19.3. The van der Waals surface area contributed by atoms with Gasteiger partial charge >= 0.3 is 5.97 Å². The van der Waals surface area contributed by atoms with Gasteiger partial charge in [0.2, 0.25) is 0 Å². The van der Waals surface area contributed by atoms with Gasteiger partial charge in [0.1, 0.15) is 12.1 Å². The van der Waals surface area contributed by atoms with Crippen molar-refractivity contribution in [1.29, 1.82) is 0 Å². The molecule has 0 bridgehead atoms. The van der Waals surface area contributed by atoms with Crippen molar-refractivity contribution in [2.45, 2.75) is 18.4 Å². The lowest BCUT2D eigenvalue weighted by Crippen LogP contribution is -2.47. The fourth-order valence-corrected chi connectivity index (χ4v) is 1.36. The summed E-state index contributed by atoms with van der Waals surface area (Å²) < 4.78 is 29.7. The molecule has 80 valence electrons. The number of alkyl halides is 2. The van der Waals surface area contributed by atoms with E-state index in [1.54, 1.807) is 0 Å². The molecule has 0 spiro atoms. The Kier molecular flexibility index (Phi) is 2.59. The number of carbonyl (C=O) groups is 2. The zero-order valence-electron chi connectivity index (χ0n) is 7.33. The number of ether oxygens (including phenoxy) is 1. The number of rotatable bonds is 1. The fourth-order valence-electron chi connectivity index (χ4n) is 1.36. The van der Waals surface area contributed by atoms with Crippen LogP contribution < -0.4 is 5.11 Å². The Hall–Kier alpha value is -1.40. The topological polar surface area (TPSA) is 69.7 Å². The number of esters is 1. The summed E-state index contributed by atoms with van der Waals surface area (Å²) in [4.78, 5) is 21.6. The number of carboxylic acid groups (broad SMARTS) is 1. The van der Waals surface area contributed by atoms with Crippen molar-refractivity contribution in [3.8, 4) is 0 Å². The minimum Gasteiger partial charge on any atom is -0.530 e. The minimum atomic E-state index is -3.20. The van der Waals surface area contributed by atoms with Crippen LogP contribution in [0.1, 0.15) is 6.42 Å². The highest BCUT2D eigenvalue weighted by Crippen LogP contribution is 2.32. The van der Waals surface area contributed by atoms with Gasteiger partial charge in [0.15, 0.2) is 0 Å². The van der Waals surface area contributed by atoms with Crippen molar-refractivity contribution >= 4 is 12.1 Å². The normalized spacial score (nSPS) is 24.8. The predicted molar refractivity (Wildman–Crippen MR) is 37.5 cm³/mol. The van der Waals surface area contributed by atoms with E-state index in [0.29, 0.717) is 0 Å². The Labute approximate surface area is 78.2 Å². The second-order valence-corrected chi connectivity index (χ2v) is 2.99. The van der Waals surface area contributed by atoms with E-state index in [1.165, 1.54) is 0 Å². The van der Waals surface area contributed by atoms with Crippen LogP contribution in [0.4, 0.5) is 13.6 Å². The molecular weight excluding hydrogens is 200 g/mol. The van der Waals surface area contributed by atoms with Gasteiger partial charge in [-0.2, -0.15) is 0 Å².